The van der Waals surface area contributed by atoms with Gasteiger partial charge in [-0.3, -0.25) is 4.79 Å². The third-order valence-corrected chi connectivity index (χ3v) is 4.62. The van der Waals surface area contributed by atoms with E-state index in [2.05, 4.69) is 12.2 Å². The molecule has 2 rings (SSSR count). The molecule has 0 unspecified atom stereocenters. The van der Waals surface area contributed by atoms with Gasteiger partial charge in [-0.2, -0.15) is 0 Å². The summed E-state index contributed by atoms with van der Waals surface area (Å²) in [5.41, 5.74) is 0.890. The van der Waals surface area contributed by atoms with Gasteiger partial charge in [-0.25, -0.2) is 4.79 Å². The van der Waals surface area contributed by atoms with Crippen molar-refractivity contribution in [2.45, 2.75) is 39.2 Å². The molecule has 0 saturated carbocycles. The largest absolute Gasteiger partial charge is 0.492 e. The second kappa shape index (κ2) is 9.51. The maximum Gasteiger partial charge on any atom is 0.317 e. The van der Waals surface area contributed by atoms with Crippen molar-refractivity contribution in [3.63, 3.8) is 0 Å². The normalized spacial score (nSPS) is 15.0. The predicted molar refractivity (Wildman–Crippen MR) is 96.0 cm³/mol. The van der Waals surface area contributed by atoms with Crippen LogP contribution in [0.3, 0.4) is 0 Å². The number of piperidine rings is 1. The van der Waals surface area contributed by atoms with Crippen molar-refractivity contribution in [1.82, 2.24) is 10.2 Å². The number of carbonyl (C=O) groups excluding carboxylic acids is 1. The van der Waals surface area contributed by atoms with E-state index in [0.717, 1.165) is 18.4 Å². The zero-order valence-electron chi connectivity index (χ0n) is 14.5. The summed E-state index contributed by atoms with van der Waals surface area (Å²) >= 11 is 6.21. The summed E-state index contributed by atoms with van der Waals surface area (Å²) in [5, 5.41) is 12.4. The first-order valence-electron chi connectivity index (χ1n) is 8.68. The van der Waals surface area contributed by atoms with E-state index in [1.54, 1.807) is 11.0 Å². The highest BCUT2D eigenvalue weighted by atomic mass is 35.5. The van der Waals surface area contributed by atoms with Crippen molar-refractivity contribution in [3.05, 3.63) is 28.8 Å². The Morgan fingerprint density at radius 1 is 1.36 bits per heavy atom. The number of nitrogens with one attached hydrogen (secondary N) is 1. The zero-order valence-corrected chi connectivity index (χ0v) is 15.2. The van der Waals surface area contributed by atoms with Gasteiger partial charge in [0.1, 0.15) is 5.75 Å². The summed E-state index contributed by atoms with van der Waals surface area (Å²) in [5.74, 6) is -0.472. The van der Waals surface area contributed by atoms with Crippen LogP contribution in [0.5, 0.6) is 5.75 Å². The summed E-state index contributed by atoms with van der Waals surface area (Å²) in [6.45, 7) is 4.04. The Bertz CT molecular complexity index is 601. The summed E-state index contributed by atoms with van der Waals surface area (Å²) in [6, 6.07) is 5.31. The van der Waals surface area contributed by atoms with Crippen LogP contribution in [-0.2, 0) is 11.3 Å². The number of rotatable bonds is 7. The number of likely N-dealkylation sites (tertiary alicyclic amines) is 1. The monoisotopic (exact) mass is 368 g/mol. The lowest BCUT2D eigenvalue weighted by molar-refractivity contribution is -0.143. The first kappa shape index (κ1) is 19.4. The molecule has 1 saturated heterocycles. The number of urea groups is 1. The van der Waals surface area contributed by atoms with Gasteiger partial charge in [-0.15, -0.1) is 0 Å². The minimum Gasteiger partial charge on any atom is -0.492 e. The van der Waals surface area contributed by atoms with Gasteiger partial charge in [-0.1, -0.05) is 31.0 Å². The van der Waals surface area contributed by atoms with Crippen LogP contribution in [-0.4, -0.2) is 41.7 Å². The van der Waals surface area contributed by atoms with Crippen LogP contribution in [0.25, 0.3) is 0 Å². The topological polar surface area (TPSA) is 78.9 Å². The number of halogens is 1. The molecular weight excluding hydrogens is 344 g/mol. The Morgan fingerprint density at radius 3 is 2.68 bits per heavy atom. The minimum atomic E-state index is -0.782. The molecule has 0 aromatic heterocycles. The molecule has 7 heteroatoms. The molecule has 1 aliphatic heterocycles. The van der Waals surface area contributed by atoms with E-state index in [4.69, 9.17) is 21.4 Å². The van der Waals surface area contributed by atoms with E-state index in [9.17, 15) is 9.59 Å². The summed E-state index contributed by atoms with van der Waals surface area (Å²) < 4.78 is 5.61. The highest BCUT2D eigenvalue weighted by Gasteiger charge is 2.26. The quantitative estimate of drug-likeness (QED) is 0.721. The van der Waals surface area contributed by atoms with E-state index in [1.165, 1.54) is 0 Å². The van der Waals surface area contributed by atoms with Crippen LogP contribution in [0, 0.1) is 5.92 Å². The number of aliphatic carboxylic acids is 1. The highest BCUT2D eigenvalue weighted by Crippen LogP contribution is 2.25. The van der Waals surface area contributed by atoms with Crippen LogP contribution in [0.15, 0.2) is 18.2 Å². The van der Waals surface area contributed by atoms with Crippen molar-refractivity contribution in [2.75, 3.05) is 19.7 Å². The van der Waals surface area contributed by atoms with Crippen LogP contribution in [0.2, 0.25) is 5.02 Å². The SMILES string of the molecule is CCCCOc1ccc(CNC(=O)N2CCC(C(=O)O)CC2)cc1Cl. The first-order chi connectivity index (χ1) is 12.0. The molecule has 2 N–H and O–H groups in total. The molecule has 0 radical (unpaired) electrons. The van der Waals surface area contributed by atoms with Gasteiger partial charge in [-0.05, 0) is 37.0 Å². The molecule has 2 amide bonds. The van der Waals surface area contributed by atoms with Crippen LogP contribution < -0.4 is 10.1 Å². The fourth-order valence-electron chi connectivity index (χ4n) is 2.72. The molecule has 1 fully saturated rings. The third kappa shape index (κ3) is 5.81. The Labute approximate surface area is 153 Å². The summed E-state index contributed by atoms with van der Waals surface area (Å²) in [4.78, 5) is 24.8. The molecule has 0 spiro atoms. The summed E-state index contributed by atoms with van der Waals surface area (Å²) in [6.07, 6.45) is 3.04. The molecule has 1 aromatic carbocycles. The van der Waals surface area contributed by atoms with E-state index < -0.39 is 5.97 Å². The van der Waals surface area contributed by atoms with E-state index in [1.807, 2.05) is 12.1 Å². The first-order valence-corrected chi connectivity index (χ1v) is 9.06. The molecule has 1 aromatic rings. The molecule has 138 valence electrons. The molecule has 0 bridgehead atoms. The van der Waals surface area contributed by atoms with Gasteiger partial charge in [0.05, 0.1) is 17.5 Å². The number of carbonyl (C=O) groups is 2. The lowest BCUT2D eigenvalue weighted by Gasteiger charge is -2.30. The van der Waals surface area contributed by atoms with Crippen molar-refractivity contribution < 1.29 is 19.4 Å². The van der Waals surface area contributed by atoms with Crippen LogP contribution in [0.1, 0.15) is 38.2 Å². The van der Waals surface area contributed by atoms with Crippen molar-refractivity contribution in [1.29, 1.82) is 0 Å². The van der Waals surface area contributed by atoms with Gasteiger partial charge in [0, 0.05) is 19.6 Å². The summed E-state index contributed by atoms with van der Waals surface area (Å²) in [7, 11) is 0. The molecule has 6 nitrogen and oxygen atoms in total. The van der Waals surface area contributed by atoms with Gasteiger partial charge < -0.3 is 20.1 Å². The number of ether oxygens (including phenoxy) is 1. The molecular formula is C18H25ClN2O4. The number of benzene rings is 1. The lowest BCUT2D eigenvalue weighted by atomic mass is 9.97. The van der Waals surface area contributed by atoms with Crippen molar-refractivity contribution in [3.8, 4) is 5.75 Å². The number of carboxylic acids is 1. The Morgan fingerprint density at radius 2 is 2.08 bits per heavy atom. The van der Waals surface area contributed by atoms with Crippen LogP contribution in [0.4, 0.5) is 4.79 Å². The highest BCUT2D eigenvalue weighted by molar-refractivity contribution is 6.32. The van der Waals surface area contributed by atoms with Crippen molar-refractivity contribution >= 4 is 23.6 Å². The molecule has 1 aliphatic rings. The number of unbranched alkanes of at least 4 members (excludes halogenated alkanes) is 1. The second-order valence-corrected chi connectivity index (χ2v) is 6.63. The molecule has 0 atom stereocenters. The fourth-order valence-corrected chi connectivity index (χ4v) is 2.97. The Hall–Kier alpha value is -1.95. The number of amides is 2. The maximum absolute atomic E-state index is 12.2. The number of carboxylic acid groups (broad SMARTS) is 1. The van der Waals surface area contributed by atoms with Gasteiger partial charge in [0.2, 0.25) is 0 Å². The zero-order chi connectivity index (χ0) is 18.2. The van der Waals surface area contributed by atoms with E-state index >= 15 is 0 Å². The van der Waals surface area contributed by atoms with E-state index in [-0.39, 0.29) is 11.9 Å². The second-order valence-electron chi connectivity index (χ2n) is 6.23. The average molecular weight is 369 g/mol. The number of nitrogens with zero attached hydrogens (tertiary/aromatic N) is 1. The number of hydrogen-bond acceptors (Lipinski definition) is 3. The standard InChI is InChI=1S/C18H25ClN2O4/c1-2-3-10-25-16-5-4-13(11-15(16)19)12-20-18(24)21-8-6-14(7-9-21)17(22)23/h4-5,11,14H,2-3,6-10,12H2,1H3,(H,20,24)(H,22,23). The molecule has 0 aliphatic carbocycles. The minimum absolute atomic E-state index is 0.178. The van der Waals surface area contributed by atoms with Gasteiger partial charge in [0.25, 0.3) is 0 Å². The lowest BCUT2D eigenvalue weighted by Crippen LogP contribution is -2.45. The smallest absolute Gasteiger partial charge is 0.317 e. The van der Waals surface area contributed by atoms with E-state index in [0.29, 0.717) is 49.9 Å². The fraction of sp³-hybridized carbons (Fsp3) is 0.556. The Kier molecular flexibility index (Phi) is 7.37. The molecule has 25 heavy (non-hydrogen) atoms. The average Bonchev–Trinajstić information content (AvgIpc) is 2.61. The predicted octanol–water partition coefficient (Wildman–Crippen LogP) is 3.53. The van der Waals surface area contributed by atoms with Crippen LogP contribution >= 0.6 is 11.6 Å². The third-order valence-electron chi connectivity index (χ3n) is 4.33. The maximum atomic E-state index is 12.2. The van der Waals surface area contributed by atoms with Gasteiger partial charge in [0.15, 0.2) is 0 Å². The Balaban J connectivity index is 1.80. The number of hydrogen-bond donors (Lipinski definition) is 2. The molecule has 1 heterocycles. The van der Waals surface area contributed by atoms with Crippen molar-refractivity contribution in [2.24, 2.45) is 5.92 Å². The van der Waals surface area contributed by atoms with Gasteiger partial charge >= 0.3 is 12.0 Å².